The Morgan fingerprint density at radius 3 is 2.53 bits per heavy atom. The van der Waals surface area contributed by atoms with Crippen LogP contribution in [0.1, 0.15) is 87.8 Å². The third kappa shape index (κ3) is 3.04. The summed E-state index contributed by atoms with van der Waals surface area (Å²) >= 11 is 0. The minimum atomic E-state index is 0.714. The quantitative estimate of drug-likeness (QED) is 0.816. The molecule has 1 heterocycles. The molecular formula is C17H28N2. The van der Waals surface area contributed by atoms with Gasteiger partial charge < -0.3 is 4.98 Å². The first-order valence-corrected chi connectivity index (χ1v) is 8.44. The molecule has 3 rings (SSSR count). The number of imidazole rings is 1. The Balaban J connectivity index is 1.72. The number of hydrogen-bond acceptors (Lipinski definition) is 1. The Labute approximate surface area is 117 Å². The van der Waals surface area contributed by atoms with E-state index in [1.807, 2.05) is 0 Å². The number of aromatic nitrogens is 2. The summed E-state index contributed by atoms with van der Waals surface area (Å²) in [5, 5.41) is 0. The molecule has 0 aliphatic heterocycles. The summed E-state index contributed by atoms with van der Waals surface area (Å²) in [7, 11) is 0. The normalized spacial score (nSPS) is 25.6. The fourth-order valence-electron chi connectivity index (χ4n) is 3.85. The van der Waals surface area contributed by atoms with Crippen molar-refractivity contribution < 1.29 is 0 Å². The van der Waals surface area contributed by atoms with E-state index in [2.05, 4.69) is 11.9 Å². The van der Waals surface area contributed by atoms with E-state index in [-0.39, 0.29) is 0 Å². The minimum Gasteiger partial charge on any atom is -0.345 e. The van der Waals surface area contributed by atoms with Gasteiger partial charge in [-0.2, -0.15) is 0 Å². The minimum absolute atomic E-state index is 0.714. The fourth-order valence-corrected chi connectivity index (χ4v) is 3.85. The van der Waals surface area contributed by atoms with Crippen molar-refractivity contribution in [2.45, 2.75) is 83.5 Å². The first-order valence-electron chi connectivity index (χ1n) is 8.44. The third-order valence-corrected chi connectivity index (χ3v) is 5.23. The highest BCUT2D eigenvalue weighted by molar-refractivity contribution is 5.20. The standard InChI is InChI=1S/C17H28N2/c1-2-13-10-11-15-16(12-13)19-17(18-15)14-8-6-4-3-5-7-9-14/h13-14H,2-12H2,1H3,(H,18,19). The number of nitrogens with zero attached hydrogens (tertiary/aromatic N) is 1. The lowest BCUT2D eigenvalue weighted by atomic mass is 9.88. The van der Waals surface area contributed by atoms with Crippen molar-refractivity contribution in [3.05, 3.63) is 17.2 Å². The van der Waals surface area contributed by atoms with Crippen LogP contribution in [0.15, 0.2) is 0 Å². The first kappa shape index (κ1) is 13.2. The van der Waals surface area contributed by atoms with Gasteiger partial charge in [0.25, 0.3) is 0 Å². The van der Waals surface area contributed by atoms with Crippen LogP contribution in [0, 0.1) is 5.92 Å². The molecule has 0 spiro atoms. The van der Waals surface area contributed by atoms with Crippen molar-refractivity contribution >= 4 is 0 Å². The van der Waals surface area contributed by atoms with Gasteiger partial charge in [0, 0.05) is 11.6 Å². The predicted octanol–water partition coefficient (Wildman–Crippen LogP) is 4.75. The van der Waals surface area contributed by atoms with Gasteiger partial charge in [0.1, 0.15) is 5.82 Å². The molecule has 0 bridgehead atoms. The molecule has 1 aromatic heterocycles. The smallest absolute Gasteiger partial charge is 0.109 e. The van der Waals surface area contributed by atoms with Gasteiger partial charge in [-0.05, 0) is 38.0 Å². The van der Waals surface area contributed by atoms with Gasteiger partial charge in [-0.25, -0.2) is 4.98 Å². The number of aryl methyl sites for hydroxylation is 1. The van der Waals surface area contributed by atoms with E-state index in [0.717, 1.165) is 5.92 Å². The molecule has 0 saturated heterocycles. The lowest BCUT2D eigenvalue weighted by Crippen LogP contribution is -2.12. The molecule has 0 amide bonds. The van der Waals surface area contributed by atoms with E-state index in [9.17, 15) is 0 Å². The third-order valence-electron chi connectivity index (χ3n) is 5.23. The molecule has 2 heteroatoms. The SMILES string of the molecule is CCC1CCc2nc(C3CCCCCCC3)[nH]c2C1. The molecule has 106 valence electrons. The highest BCUT2D eigenvalue weighted by Gasteiger charge is 2.24. The Kier molecular flexibility index (Phi) is 4.24. The second kappa shape index (κ2) is 6.11. The van der Waals surface area contributed by atoms with Crippen LogP contribution in [0.2, 0.25) is 0 Å². The summed E-state index contributed by atoms with van der Waals surface area (Å²) < 4.78 is 0. The lowest BCUT2D eigenvalue weighted by Gasteiger charge is -2.19. The second-order valence-corrected chi connectivity index (χ2v) is 6.61. The summed E-state index contributed by atoms with van der Waals surface area (Å²) in [5.41, 5.74) is 2.86. The maximum atomic E-state index is 4.96. The first-order chi connectivity index (χ1) is 9.36. The summed E-state index contributed by atoms with van der Waals surface area (Å²) in [6.45, 7) is 2.32. The number of nitrogens with one attached hydrogen (secondary N) is 1. The van der Waals surface area contributed by atoms with E-state index in [4.69, 9.17) is 4.98 Å². The van der Waals surface area contributed by atoms with E-state index in [1.54, 1.807) is 0 Å². The van der Waals surface area contributed by atoms with Crippen LogP contribution in [-0.4, -0.2) is 9.97 Å². The molecule has 1 N–H and O–H groups in total. The predicted molar refractivity (Wildman–Crippen MR) is 79.5 cm³/mol. The van der Waals surface area contributed by atoms with Crippen molar-refractivity contribution in [1.82, 2.24) is 9.97 Å². The molecule has 0 aromatic carbocycles. The van der Waals surface area contributed by atoms with Crippen LogP contribution >= 0.6 is 0 Å². The van der Waals surface area contributed by atoms with E-state index >= 15 is 0 Å². The summed E-state index contributed by atoms with van der Waals surface area (Å²) in [6.07, 6.45) is 14.9. The van der Waals surface area contributed by atoms with Crippen LogP contribution in [0.5, 0.6) is 0 Å². The maximum Gasteiger partial charge on any atom is 0.109 e. The lowest BCUT2D eigenvalue weighted by molar-refractivity contribution is 0.437. The summed E-state index contributed by atoms with van der Waals surface area (Å²) in [5.74, 6) is 2.92. The Bertz CT molecular complexity index is 399. The number of aromatic amines is 1. The monoisotopic (exact) mass is 260 g/mol. The Morgan fingerprint density at radius 1 is 1.05 bits per heavy atom. The van der Waals surface area contributed by atoms with Gasteiger partial charge in [0.2, 0.25) is 0 Å². The number of fused-ring (bicyclic) bond motifs is 1. The maximum absolute atomic E-state index is 4.96. The summed E-state index contributed by atoms with van der Waals surface area (Å²) in [6, 6.07) is 0. The molecule has 1 atom stereocenters. The van der Waals surface area contributed by atoms with Gasteiger partial charge in [0.15, 0.2) is 0 Å². The van der Waals surface area contributed by atoms with Gasteiger partial charge in [-0.15, -0.1) is 0 Å². The fraction of sp³-hybridized carbons (Fsp3) is 0.824. The number of hydrogen-bond donors (Lipinski definition) is 1. The molecule has 1 unspecified atom stereocenters. The molecule has 1 aromatic rings. The van der Waals surface area contributed by atoms with Gasteiger partial charge in [-0.3, -0.25) is 0 Å². The van der Waals surface area contributed by atoms with Crippen molar-refractivity contribution in [1.29, 1.82) is 0 Å². The largest absolute Gasteiger partial charge is 0.345 e. The average molecular weight is 260 g/mol. The second-order valence-electron chi connectivity index (χ2n) is 6.61. The molecular weight excluding hydrogens is 232 g/mol. The van der Waals surface area contributed by atoms with Gasteiger partial charge in [-0.1, -0.05) is 45.4 Å². The Hall–Kier alpha value is -0.790. The van der Waals surface area contributed by atoms with Crippen LogP contribution in [0.3, 0.4) is 0 Å². The highest BCUT2D eigenvalue weighted by Crippen LogP contribution is 2.32. The summed E-state index contributed by atoms with van der Waals surface area (Å²) in [4.78, 5) is 8.66. The van der Waals surface area contributed by atoms with Crippen LogP contribution < -0.4 is 0 Å². The zero-order valence-corrected chi connectivity index (χ0v) is 12.4. The molecule has 1 saturated carbocycles. The van der Waals surface area contributed by atoms with Crippen LogP contribution in [0.4, 0.5) is 0 Å². The topological polar surface area (TPSA) is 28.7 Å². The zero-order chi connectivity index (χ0) is 13.1. The van der Waals surface area contributed by atoms with Gasteiger partial charge in [0.05, 0.1) is 5.69 Å². The van der Waals surface area contributed by atoms with Crippen molar-refractivity contribution in [3.8, 4) is 0 Å². The Morgan fingerprint density at radius 2 is 1.79 bits per heavy atom. The zero-order valence-electron chi connectivity index (χ0n) is 12.4. The molecule has 2 nitrogen and oxygen atoms in total. The van der Waals surface area contributed by atoms with Crippen LogP contribution in [-0.2, 0) is 12.8 Å². The molecule has 19 heavy (non-hydrogen) atoms. The van der Waals surface area contributed by atoms with E-state index in [1.165, 1.54) is 87.8 Å². The van der Waals surface area contributed by atoms with E-state index in [0.29, 0.717) is 5.92 Å². The molecule has 2 aliphatic carbocycles. The molecule has 1 fully saturated rings. The highest BCUT2D eigenvalue weighted by atomic mass is 14.9. The molecule has 0 radical (unpaired) electrons. The van der Waals surface area contributed by atoms with Crippen LogP contribution in [0.25, 0.3) is 0 Å². The van der Waals surface area contributed by atoms with Crippen molar-refractivity contribution in [3.63, 3.8) is 0 Å². The van der Waals surface area contributed by atoms with E-state index < -0.39 is 0 Å². The van der Waals surface area contributed by atoms with Crippen molar-refractivity contribution in [2.75, 3.05) is 0 Å². The van der Waals surface area contributed by atoms with Crippen molar-refractivity contribution in [2.24, 2.45) is 5.92 Å². The average Bonchev–Trinajstić information content (AvgIpc) is 2.80. The van der Waals surface area contributed by atoms with Gasteiger partial charge >= 0.3 is 0 Å². The molecule has 2 aliphatic rings. The number of rotatable bonds is 2. The number of H-pyrrole nitrogens is 1.